The van der Waals surface area contributed by atoms with Crippen LogP contribution in [0.1, 0.15) is 21.5 Å². The van der Waals surface area contributed by atoms with E-state index in [0.717, 1.165) is 5.56 Å². The van der Waals surface area contributed by atoms with Crippen LogP contribution in [0.2, 0.25) is 0 Å². The van der Waals surface area contributed by atoms with Gasteiger partial charge in [-0.15, -0.1) is 0 Å². The van der Waals surface area contributed by atoms with Gasteiger partial charge in [-0.05, 0) is 31.2 Å². The lowest BCUT2D eigenvalue weighted by molar-refractivity contribution is -0.127. The van der Waals surface area contributed by atoms with Crippen LogP contribution in [-0.2, 0) is 4.79 Å². The van der Waals surface area contributed by atoms with Crippen LogP contribution in [0.3, 0.4) is 0 Å². The van der Waals surface area contributed by atoms with Crippen LogP contribution in [0.25, 0.3) is 6.08 Å². The zero-order valence-electron chi connectivity index (χ0n) is 15.2. The highest BCUT2D eigenvalue weighted by Gasteiger charge is 2.22. The van der Waals surface area contributed by atoms with Crippen molar-refractivity contribution in [2.75, 3.05) is 26.2 Å². The summed E-state index contributed by atoms with van der Waals surface area (Å²) < 4.78 is 14.1. The van der Waals surface area contributed by atoms with Crippen molar-refractivity contribution in [3.63, 3.8) is 0 Å². The lowest BCUT2D eigenvalue weighted by atomic mass is 10.1. The van der Waals surface area contributed by atoms with Crippen molar-refractivity contribution in [2.45, 2.75) is 6.92 Å². The molecule has 1 fully saturated rings. The quantitative estimate of drug-likeness (QED) is 0.816. The van der Waals surface area contributed by atoms with Gasteiger partial charge in [0.05, 0.1) is 0 Å². The normalized spacial score (nSPS) is 14.7. The van der Waals surface area contributed by atoms with E-state index in [4.69, 9.17) is 0 Å². The highest BCUT2D eigenvalue weighted by Crippen LogP contribution is 2.13. The van der Waals surface area contributed by atoms with Gasteiger partial charge in [0.25, 0.3) is 11.8 Å². The Morgan fingerprint density at radius 2 is 1.74 bits per heavy atom. The molecule has 0 unspecified atom stereocenters. The molecule has 0 bridgehead atoms. The molecule has 2 aromatic rings. The second kappa shape index (κ2) is 8.60. The summed E-state index contributed by atoms with van der Waals surface area (Å²) in [6, 6.07) is 13.2. The number of aryl methyl sites for hydroxylation is 1. The first kappa shape index (κ1) is 18.8. The second-order valence-electron chi connectivity index (χ2n) is 6.44. The Morgan fingerprint density at radius 3 is 2.41 bits per heavy atom. The molecule has 0 atom stereocenters. The second-order valence-corrected chi connectivity index (χ2v) is 6.44. The van der Waals surface area contributed by atoms with Crippen molar-refractivity contribution in [3.8, 4) is 0 Å². The van der Waals surface area contributed by atoms with Gasteiger partial charge in [0, 0.05) is 37.3 Å². The van der Waals surface area contributed by atoms with Gasteiger partial charge in [0.15, 0.2) is 0 Å². The average molecular weight is 367 g/mol. The summed E-state index contributed by atoms with van der Waals surface area (Å²) in [5.74, 6) is -1.17. The van der Waals surface area contributed by atoms with Crippen LogP contribution in [0.15, 0.2) is 54.2 Å². The van der Waals surface area contributed by atoms with Gasteiger partial charge in [-0.3, -0.25) is 9.59 Å². The van der Waals surface area contributed by atoms with E-state index in [-0.39, 0.29) is 17.2 Å². The maximum Gasteiger partial charge on any atom is 0.270 e. The molecule has 0 saturated carbocycles. The van der Waals surface area contributed by atoms with E-state index in [2.05, 4.69) is 10.6 Å². The summed E-state index contributed by atoms with van der Waals surface area (Å²) in [5.41, 5.74) is 1.78. The summed E-state index contributed by atoms with van der Waals surface area (Å²) in [5, 5.41) is 5.85. The van der Waals surface area contributed by atoms with E-state index in [1.54, 1.807) is 35.2 Å². The molecule has 0 aliphatic carbocycles. The molecule has 1 saturated heterocycles. The average Bonchev–Trinajstić information content (AvgIpc) is 2.69. The van der Waals surface area contributed by atoms with Crippen molar-refractivity contribution in [1.82, 2.24) is 15.5 Å². The topological polar surface area (TPSA) is 61.4 Å². The Kier molecular flexibility index (Phi) is 5.98. The predicted octanol–water partition coefficient (Wildman–Crippen LogP) is 2.34. The summed E-state index contributed by atoms with van der Waals surface area (Å²) in [7, 11) is 0. The summed E-state index contributed by atoms with van der Waals surface area (Å²) >= 11 is 0. The zero-order valence-corrected chi connectivity index (χ0v) is 15.2. The first-order valence-electron chi connectivity index (χ1n) is 8.89. The van der Waals surface area contributed by atoms with Crippen LogP contribution in [0.5, 0.6) is 0 Å². The number of rotatable bonds is 4. The molecule has 0 aromatic heterocycles. The smallest absolute Gasteiger partial charge is 0.270 e. The number of hydrogen-bond donors (Lipinski definition) is 2. The maximum absolute atomic E-state index is 14.1. The Balaban J connectivity index is 1.89. The van der Waals surface area contributed by atoms with E-state index in [1.807, 2.05) is 19.1 Å². The van der Waals surface area contributed by atoms with E-state index in [1.165, 1.54) is 12.1 Å². The molecule has 1 aliphatic heterocycles. The largest absolute Gasteiger partial charge is 0.335 e. The van der Waals surface area contributed by atoms with Gasteiger partial charge in [0.2, 0.25) is 0 Å². The minimum Gasteiger partial charge on any atom is -0.335 e. The van der Waals surface area contributed by atoms with Crippen LogP contribution in [-0.4, -0.2) is 42.9 Å². The number of carbonyl (C=O) groups is 2. The molecule has 1 heterocycles. The van der Waals surface area contributed by atoms with Gasteiger partial charge in [-0.1, -0.05) is 35.9 Å². The fourth-order valence-corrected chi connectivity index (χ4v) is 2.84. The molecule has 6 heteroatoms. The van der Waals surface area contributed by atoms with Gasteiger partial charge >= 0.3 is 0 Å². The number of nitrogens with one attached hydrogen (secondary N) is 2. The summed E-state index contributed by atoms with van der Waals surface area (Å²) in [4.78, 5) is 27.2. The van der Waals surface area contributed by atoms with Gasteiger partial charge in [-0.2, -0.15) is 0 Å². The van der Waals surface area contributed by atoms with Gasteiger partial charge in [0.1, 0.15) is 11.5 Å². The highest BCUT2D eigenvalue weighted by atomic mass is 19.1. The monoisotopic (exact) mass is 367 g/mol. The van der Waals surface area contributed by atoms with E-state index in [9.17, 15) is 14.0 Å². The third-order valence-electron chi connectivity index (χ3n) is 4.40. The first-order chi connectivity index (χ1) is 13.0. The third-order valence-corrected chi connectivity index (χ3v) is 4.40. The van der Waals surface area contributed by atoms with Crippen molar-refractivity contribution >= 4 is 17.9 Å². The first-order valence-corrected chi connectivity index (χ1v) is 8.89. The molecule has 5 nitrogen and oxygen atoms in total. The Labute approximate surface area is 157 Å². The molecule has 2 amide bonds. The summed E-state index contributed by atoms with van der Waals surface area (Å²) in [6.07, 6.45) is 1.39. The minimum absolute atomic E-state index is 0.0626. The van der Waals surface area contributed by atoms with E-state index >= 15 is 0 Å². The van der Waals surface area contributed by atoms with Crippen molar-refractivity contribution < 1.29 is 14.0 Å². The molecular formula is C21H22FN3O2. The van der Waals surface area contributed by atoms with Crippen molar-refractivity contribution in [2.24, 2.45) is 0 Å². The fraction of sp³-hybridized carbons (Fsp3) is 0.238. The number of nitrogens with zero attached hydrogens (tertiary/aromatic N) is 1. The number of carbonyl (C=O) groups excluding carboxylic acids is 2. The molecular weight excluding hydrogens is 345 g/mol. The molecule has 0 spiro atoms. The SMILES string of the molecule is Cc1ccc(C(=O)N/C(=C/c2ccccc2F)C(=O)N2CCNCC2)cc1. The van der Waals surface area contributed by atoms with Crippen molar-refractivity contribution in [1.29, 1.82) is 0 Å². The zero-order chi connectivity index (χ0) is 19.2. The molecule has 2 aromatic carbocycles. The Hall–Kier alpha value is -2.99. The molecule has 0 radical (unpaired) electrons. The van der Waals surface area contributed by atoms with Crippen LogP contribution in [0, 0.1) is 12.7 Å². The Morgan fingerprint density at radius 1 is 1.07 bits per heavy atom. The van der Waals surface area contributed by atoms with Gasteiger partial charge in [-0.25, -0.2) is 4.39 Å². The number of amides is 2. The molecule has 1 aliphatic rings. The fourth-order valence-electron chi connectivity index (χ4n) is 2.84. The third kappa shape index (κ3) is 4.80. The molecule has 27 heavy (non-hydrogen) atoms. The Bertz CT molecular complexity index is 856. The van der Waals surface area contributed by atoms with Crippen LogP contribution in [0.4, 0.5) is 4.39 Å². The lowest BCUT2D eigenvalue weighted by Gasteiger charge is -2.28. The molecule has 140 valence electrons. The standard InChI is InChI=1S/C21H22FN3O2/c1-15-6-8-16(9-7-15)20(26)24-19(14-17-4-2-3-5-18(17)22)21(27)25-12-10-23-11-13-25/h2-9,14,23H,10-13H2,1H3,(H,24,26)/b19-14+. The maximum atomic E-state index is 14.1. The van der Waals surface area contributed by atoms with Gasteiger partial charge < -0.3 is 15.5 Å². The number of benzene rings is 2. The highest BCUT2D eigenvalue weighted by molar-refractivity contribution is 6.05. The number of piperazine rings is 1. The predicted molar refractivity (Wildman–Crippen MR) is 102 cm³/mol. The molecule has 3 rings (SSSR count). The van der Waals surface area contributed by atoms with Crippen LogP contribution < -0.4 is 10.6 Å². The van der Waals surface area contributed by atoms with Crippen LogP contribution >= 0.6 is 0 Å². The van der Waals surface area contributed by atoms with E-state index in [0.29, 0.717) is 31.7 Å². The van der Waals surface area contributed by atoms with E-state index < -0.39 is 11.7 Å². The van der Waals surface area contributed by atoms with Crippen molar-refractivity contribution in [3.05, 3.63) is 76.7 Å². The minimum atomic E-state index is -0.451. The summed E-state index contributed by atoms with van der Waals surface area (Å²) in [6.45, 7) is 4.37. The number of halogens is 1. The molecule has 2 N–H and O–H groups in total. The lowest BCUT2D eigenvalue weighted by Crippen LogP contribution is -2.48. The number of hydrogen-bond acceptors (Lipinski definition) is 3.